The first-order valence-electron chi connectivity index (χ1n) is 8.17. The molecule has 1 heterocycles. The van der Waals surface area contributed by atoms with Crippen LogP contribution in [0.3, 0.4) is 0 Å². The average Bonchev–Trinajstić information content (AvgIpc) is 3.08. The Morgan fingerprint density at radius 1 is 1.11 bits per heavy atom. The molecule has 0 aliphatic carbocycles. The number of nitrogens with zero attached hydrogens (tertiary/aromatic N) is 2. The monoisotopic (exact) mass is 389 g/mol. The molecule has 0 bridgehead atoms. The Morgan fingerprint density at radius 2 is 1.89 bits per heavy atom. The molecule has 1 aromatic heterocycles. The van der Waals surface area contributed by atoms with Crippen LogP contribution in [0.25, 0.3) is 11.5 Å². The molecule has 2 aromatic carbocycles. The van der Waals surface area contributed by atoms with Crippen molar-refractivity contribution in [2.75, 3.05) is 5.32 Å². The summed E-state index contributed by atoms with van der Waals surface area (Å²) in [6.45, 7) is 5.63. The number of halogens is 2. The lowest BCUT2D eigenvalue weighted by molar-refractivity contribution is -0.115. The van der Waals surface area contributed by atoms with Crippen molar-refractivity contribution in [2.24, 2.45) is 0 Å². The highest BCUT2D eigenvalue weighted by Crippen LogP contribution is 2.28. The molecule has 0 fully saturated rings. The average molecular weight is 389 g/mol. The zero-order valence-electron chi connectivity index (χ0n) is 14.9. The Hall–Kier alpha value is -2.74. The summed E-state index contributed by atoms with van der Waals surface area (Å²) in [6.07, 6.45) is 0. The third-order valence-corrected chi connectivity index (χ3v) is 4.93. The van der Waals surface area contributed by atoms with Crippen LogP contribution in [-0.2, 0) is 4.79 Å². The highest BCUT2D eigenvalue weighted by Gasteiger charge is 2.20. The maximum atomic E-state index is 13.7. The molecule has 3 aromatic rings. The minimum absolute atomic E-state index is 0.0878. The van der Waals surface area contributed by atoms with Crippen molar-refractivity contribution >= 4 is 23.4 Å². The number of nitrogens with one attached hydrogen (secondary N) is 1. The van der Waals surface area contributed by atoms with Gasteiger partial charge in [0.1, 0.15) is 11.6 Å². The Balaban J connectivity index is 1.67. The Labute approximate surface area is 159 Å². The van der Waals surface area contributed by atoms with Crippen LogP contribution in [0.4, 0.5) is 14.5 Å². The summed E-state index contributed by atoms with van der Waals surface area (Å²) < 4.78 is 32.2. The van der Waals surface area contributed by atoms with Crippen molar-refractivity contribution in [1.29, 1.82) is 0 Å². The molecule has 1 N–H and O–H groups in total. The van der Waals surface area contributed by atoms with Gasteiger partial charge in [0.25, 0.3) is 5.22 Å². The molecular formula is C19H17F2N3O2S. The maximum Gasteiger partial charge on any atom is 0.277 e. The summed E-state index contributed by atoms with van der Waals surface area (Å²) in [5.74, 6) is -1.65. The first-order chi connectivity index (χ1) is 12.8. The van der Waals surface area contributed by atoms with E-state index in [1.807, 2.05) is 32.0 Å². The van der Waals surface area contributed by atoms with Crippen LogP contribution < -0.4 is 5.32 Å². The van der Waals surface area contributed by atoms with E-state index in [-0.39, 0.29) is 10.9 Å². The molecule has 5 nitrogen and oxygen atoms in total. The van der Waals surface area contributed by atoms with E-state index in [1.54, 1.807) is 6.92 Å². The molecule has 1 atom stereocenters. The standard InChI is InChI=1S/C19H17F2N3O2S/c1-10-4-5-13(8-11(10)2)18-23-24-19(26-18)27-12(3)17(25)22-16-7-6-14(20)9-15(16)21/h4-9,12H,1-3H3,(H,22,25)/t12-/m1/s1. The summed E-state index contributed by atoms with van der Waals surface area (Å²) in [5, 5.41) is 9.98. The number of hydrogen-bond acceptors (Lipinski definition) is 5. The number of anilines is 1. The van der Waals surface area contributed by atoms with E-state index in [0.29, 0.717) is 12.0 Å². The van der Waals surface area contributed by atoms with E-state index in [1.165, 1.54) is 6.07 Å². The van der Waals surface area contributed by atoms with E-state index in [2.05, 4.69) is 15.5 Å². The molecule has 0 saturated carbocycles. The van der Waals surface area contributed by atoms with Gasteiger partial charge in [-0.2, -0.15) is 0 Å². The van der Waals surface area contributed by atoms with E-state index in [0.717, 1.165) is 34.5 Å². The van der Waals surface area contributed by atoms with Crippen LogP contribution in [0.15, 0.2) is 46.0 Å². The lowest BCUT2D eigenvalue weighted by Gasteiger charge is -2.10. The minimum atomic E-state index is -0.838. The molecule has 3 rings (SSSR count). The normalized spacial score (nSPS) is 12.0. The Morgan fingerprint density at radius 3 is 2.59 bits per heavy atom. The predicted molar refractivity (Wildman–Crippen MR) is 99.5 cm³/mol. The second-order valence-corrected chi connectivity index (χ2v) is 7.34. The summed E-state index contributed by atoms with van der Waals surface area (Å²) in [7, 11) is 0. The molecular weight excluding hydrogens is 372 g/mol. The van der Waals surface area contributed by atoms with Crippen LogP contribution in [0.2, 0.25) is 0 Å². The number of rotatable bonds is 5. The lowest BCUT2D eigenvalue weighted by Crippen LogP contribution is -2.23. The highest BCUT2D eigenvalue weighted by atomic mass is 32.2. The van der Waals surface area contributed by atoms with Gasteiger partial charge in [0.05, 0.1) is 10.9 Å². The summed E-state index contributed by atoms with van der Waals surface area (Å²) in [6, 6.07) is 8.76. The zero-order valence-corrected chi connectivity index (χ0v) is 15.7. The molecule has 140 valence electrons. The summed E-state index contributed by atoms with van der Waals surface area (Å²) in [4.78, 5) is 12.2. The highest BCUT2D eigenvalue weighted by molar-refractivity contribution is 8.00. The third-order valence-electron chi connectivity index (χ3n) is 4.00. The number of aryl methyl sites for hydroxylation is 2. The van der Waals surface area contributed by atoms with E-state index in [4.69, 9.17) is 4.42 Å². The van der Waals surface area contributed by atoms with Crippen molar-refractivity contribution in [3.63, 3.8) is 0 Å². The second kappa shape index (κ2) is 7.87. The van der Waals surface area contributed by atoms with E-state index < -0.39 is 22.8 Å². The summed E-state index contributed by atoms with van der Waals surface area (Å²) in [5.41, 5.74) is 2.97. The third kappa shape index (κ3) is 4.51. The van der Waals surface area contributed by atoms with Crippen LogP contribution in [-0.4, -0.2) is 21.4 Å². The van der Waals surface area contributed by atoms with Gasteiger partial charge < -0.3 is 9.73 Å². The van der Waals surface area contributed by atoms with Gasteiger partial charge >= 0.3 is 0 Å². The van der Waals surface area contributed by atoms with Crippen LogP contribution >= 0.6 is 11.8 Å². The molecule has 8 heteroatoms. The van der Waals surface area contributed by atoms with Crippen LogP contribution in [0, 0.1) is 25.5 Å². The van der Waals surface area contributed by atoms with Gasteiger partial charge in [-0.15, -0.1) is 10.2 Å². The van der Waals surface area contributed by atoms with Gasteiger partial charge in [-0.05, 0) is 56.2 Å². The van der Waals surface area contributed by atoms with Crippen molar-refractivity contribution in [3.8, 4) is 11.5 Å². The number of amides is 1. The fourth-order valence-corrected chi connectivity index (χ4v) is 2.96. The summed E-state index contributed by atoms with van der Waals surface area (Å²) >= 11 is 1.05. The fraction of sp³-hybridized carbons (Fsp3) is 0.211. The van der Waals surface area contributed by atoms with Gasteiger partial charge in [-0.1, -0.05) is 17.8 Å². The predicted octanol–water partition coefficient (Wildman–Crippen LogP) is 4.75. The van der Waals surface area contributed by atoms with Gasteiger partial charge in [0.2, 0.25) is 11.8 Å². The molecule has 0 aliphatic heterocycles. The van der Waals surface area contributed by atoms with Crippen molar-refractivity contribution in [3.05, 3.63) is 59.2 Å². The van der Waals surface area contributed by atoms with Crippen LogP contribution in [0.1, 0.15) is 18.1 Å². The molecule has 0 spiro atoms. The van der Waals surface area contributed by atoms with Gasteiger partial charge in [0.15, 0.2) is 0 Å². The van der Waals surface area contributed by atoms with Crippen LogP contribution in [0.5, 0.6) is 0 Å². The largest absolute Gasteiger partial charge is 0.411 e. The van der Waals surface area contributed by atoms with Gasteiger partial charge in [0, 0.05) is 11.6 Å². The molecule has 0 radical (unpaired) electrons. The Bertz CT molecular complexity index is 991. The number of aromatic nitrogens is 2. The minimum Gasteiger partial charge on any atom is -0.411 e. The van der Waals surface area contributed by atoms with Crippen molar-refractivity contribution in [1.82, 2.24) is 10.2 Å². The smallest absolute Gasteiger partial charge is 0.277 e. The molecule has 0 saturated heterocycles. The molecule has 0 unspecified atom stereocenters. The number of thioether (sulfide) groups is 1. The molecule has 0 aliphatic rings. The lowest BCUT2D eigenvalue weighted by atomic mass is 10.1. The maximum absolute atomic E-state index is 13.7. The Kier molecular flexibility index (Phi) is 5.55. The first-order valence-corrected chi connectivity index (χ1v) is 9.05. The van der Waals surface area contributed by atoms with E-state index in [9.17, 15) is 13.6 Å². The zero-order chi connectivity index (χ0) is 19.6. The van der Waals surface area contributed by atoms with Crippen molar-refractivity contribution in [2.45, 2.75) is 31.2 Å². The molecule has 1 amide bonds. The van der Waals surface area contributed by atoms with Gasteiger partial charge in [-0.25, -0.2) is 8.78 Å². The van der Waals surface area contributed by atoms with E-state index >= 15 is 0 Å². The SMILES string of the molecule is Cc1ccc(-c2nnc(S[C@H](C)C(=O)Nc3ccc(F)cc3F)o2)cc1C. The second-order valence-electron chi connectivity index (χ2n) is 6.05. The molecule has 27 heavy (non-hydrogen) atoms. The topological polar surface area (TPSA) is 68.0 Å². The quantitative estimate of drug-likeness (QED) is 0.638. The first kappa shape index (κ1) is 19.0. The number of benzene rings is 2. The number of hydrogen-bond donors (Lipinski definition) is 1. The fourth-order valence-electron chi connectivity index (χ4n) is 2.28. The number of carbonyl (C=O) groups is 1. The number of carbonyl (C=O) groups excluding carboxylic acids is 1. The van der Waals surface area contributed by atoms with Crippen molar-refractivity contribution < 1.29 is 18.0 Å². The van der Waals surface area contributed by atoms with Gasteiger partial charge in [-0.3, -0.25) is 4.79 Å².